The first kappa shape index (κ1) is 14.1. The number of piperidine rings is 1. The van der Waals surface area contributed by atoms with Gasteiger partial charge in [-0.3, -0.25) is 14.5 Å². The molecule has 2 amide bonds. The predicted molar refractivity (Wildman–Crippen MR) is 82.8 cm³/mol. The van der Waals surface area contributed by atoms with Crippen LogP contribution in [0.15, 0.2) is 18.2 Å². The molecular formula is C17H22N2O2. The van der Waals surface area contributed by atoms with Gasteiger partial charge in [0.15, 0.2) is 0 Å². The molecule has 1 heterocycles. The van der Waals surface area contributed by atoms with Crippen LogP contribution in [0.3, 0.4) is 0 Å². The van der Waals surface area contributed by atoms with Gasteiger partial charge in [0, 0.05) is 18.5 Å². The summed E-state index contributed by atoms with van der Waals surface area (Å²) in [4.78, 5) is 26.6. The zero-order valence-corrected chi connectivity index (χ0v) is 12.5. The van der Waals surface area contributed by atoms with Crippen molar-refractivity contribution in [2.75, 3.05) is 10.6 Å². The zero-order chi connectivity index (χ0) is 15.0. The lowest BCUT2D eigenvalue weighted by atomic mass is 9.67. The fourth-order valence-electron chi connectivity index (χ4n) is 3.79. The van der Waals surface area contributed by atoms with Gasteiger partial charge in [-0.2, -0.15) is 0 Å². The number of imide groups is 1. The third-order valence-electron chi connectivity index (χ3n) is 4.94. The van der Waals surface area contributed by atoms with E-state index in [1.165, 1.54) is 11.3 Å². The highest BCUT2D eigenvalue weighted by atomic mass is 16.2. The lowest BCUT2D eigenvalue weighted by Crippen LogP contribution is -2.49. The van der Waals surface area contributed by atoms with Crippen molar-refractivity contribution in [2.24, 2.45) is 5.41 Å². The number of nitrogens with zero attached hydrogens (tertiary/aromatic N) is 1. The molecule has 4 nitrogen and oxygen atoms in total. The summed E-state index contributed by atoms with van der Waals surface area (Å²) >= 11 is 0. The van der Waals surface area contributed by atoms with Gasteiger partial charge in [0.2, 0.25) is 11.8 Å². The molecule has 3 rings (SSSR count). The number of hydrogen-bond acceptors (Lipinski definition) is 3. The van der Waals surface area contributed by atoms with Crippen molar-refractivity contribution >= 4 is 23.2 Å². The number of benzene rings is 1. The summed E-state index contributed by atoms with van der Waals surface area (Å²) in [5, 5.41) is 0. The molecular weight excluding hydrogens is 264 g/mol. The first-order valence-corrected chi connectivity index (χ1v) is 7.73. The molecule has 1 saturated heterocycles. The standard InChI is InChI=1S/C17H22N2O2/c1-12-5-6-13(18)9-14(12)19-15(20)10-17(11-16(19)21)7-3-2-4-8-17/h5-6,9H,2-4,7-8,10-11,18H2,1H3. The Kier molecular flexibility index (Phi) is 3.47. The summed E-state index contributed by atoms with van der Waals surface area (Å²) in [6.07, 6.45) is 6.50. The molecule has 2 N–H and O–H groups in total. The lowest BCUT2D eigenvalue weighted by Gasteiger charge is -2.42. The van der Waals surface area contributed by atoms with Crippen LogP contribution in [-0.2, 0) is 9.59 Å². The van der Waals surface area contributed by atoms with Gasteiger partial charge in [0.1, 0.15) is 0 Å². The van der Waals surface area contributed by atoms with E-state index in [0.29, 0.717) is 24.2 Å². The van der Waals surface area contributed by atoms with Crippen LogP contribution in [0.2, 0.25) is 0 Å². The maximum Gasteiger partial charge on any atom is 0.234 e. The van der Waals surface area contributed by atoms with Crippen molar-refractivity contribution in [1.82, 2.24) is 0 Å². The minimum Gasteiger partial charge on any atom is -0.399 e. The van der Waals surface area contributed by atoms with E-state index in [0.717, 1.165) is 31.2 Å². The van der Waals surface area contributed by atoms with Gasteiger partial charge in [-0.1, -0.05) is 25.3 Å². The summed E-state index contributed by atoms with van der Waals surface area (Å²) in [5.74, 6) is -0.135. The molecule has 1 spiro atoms. The van der Waals surface area contributed by atoms with Crippen molar-refractivity contribution in [3.05, 3.63) is 23.8 Å². The minimum atomic E-state index is -0.0723. The number of amides is 2. The summed E-state index contributed by atoms with van der Waals surface area (Å²) in [6.45, 7) is 1.90. The predicted octanol–water partition coefficient (Wildman–Crippen LogP) is 3.18. The molecule has 1 aromatic carbocycles. The van der Waals surface area contributed by atoms with Crippen LogP contribution in [-0.4, -0.2) is 11.8 Å². The van der Waals surface area contributed by atoms with Crippen LogP contribution in [0.25, 0.3) is 0 Å². The second-order valence-corrected chi connectivity index (χ2v) is 6.58. The molecule has 21 heavy (non-hydrogen) atoms. The number of aryl methyl sites for hydroxylation is 1. The Morgan fingerprint density at radius 2 is 1.67 bits per heavy atom. The molecule has 0 atom stereocenters. The maximum absolute atomic E-state index is 12.6. The summed E-state index contributed by atoms with van der Waals surface area (Å²) < 4.78 is 0. The molecule has 2 aliphatic rings. The molecule has 4 heteroatoms. The van der Waals surface area contributed by atoms with Crippen LogP contribution < -0.4 is 10.6 Å². The van der Waals surface area contributed by atoms with Crippen LogP contribution in [0.5, 0.6) is 0 Å². The molecule has 0 radical (unpaired) electrons. The molecule has 0 aromatic heterocycles. The normalized spacial score (nSPS) is 21.9. The zero-order valence-electron chi connectivity index (χ0n) is 12.5. The first-order chi connectivity index (χ1) is 10.0. The summed E-state index contributed by atoms with van der Waals surface area (Å²) in [6, 6.07) is 5.38. The first-order valence-electron chi connectivity index (χ1n) is 7.73. The Bertz CT molecular complexity index is 568. The number of anilines is 2. The molecule has 0 unspecified atom stereocenters. The Balaban J connectivity index is 1.90. The minimum absolute atomic E-state index is 0.0677. The van der Waals surface area contributed by atoms with Gasteiger partial charge in [-0.15, -0.1) is 0 Å². The molecule has 1 aromatic rings. The smallest absolute Gasteiger partial charge is 0.234 e. The summed E-state index contributed by atoms with van der Waals surface area (Å²) in [5.41, 5.74) is 7.87. The average molecular weight is 286 g/mol. The van der Waals surface area contributed by atoms with Gasteiger partial charge in [-0.05, 0) is 42.9 Å². The van der Waals surface area contributed by atoms with Crippen LogP contribution in [0, 0.1) is 12.3 Å². The third-order valence-corrected chi connectivity index (χ3v) is 4.94. The van der Waals surface area contributed by atoms with E-state index in [4.69, 9.17) is 5.73 Å². The van der Waals surface area contributed by atoms with Crippen LogP contribution in [0.4, 0.5) is 11.4 Å². The van der Waals surface area contributed by atoms with E-state index in [2.05, 4.69) is 0 Å². The molecule has 1 aliphatic heterocycles. The van der Waals surface area contributed by atoms with Gasteiger partial charge < -0.3 is 5.73 Å². The number of nitrogen functional groups attached to an aromatic ring is 1. The van der Waals surface area contributed by atoms with Crippen LogP contribution >= 0.6 is 0 Å². The lowest BCUT2D eigenvalue weighted by molar-refractivity contribution is -0.134. The quantitative estimate of drug-likeness (QED) is 0.637. The SMILES string of the molecule is Cc1ccc(N)cc1N1C(=O)CC2(CCCCC2)CC1=O. The fourth-order valence-corrected chi connectivity index (χ4v) is 3.79. The Labute approximate surface area is 125 Å². The topological polar surface area (TPSA) is 63.4 Å². The Morgan fingerprint density at radius 1 is 1.05 bits per heavy atom. The Hall–Kier alpha value is -1.84. The van der Waals surface area contributed by atoms with E-state index in [9.17, 15) is 9.59 Å². The van der Waals surface area contributed by atoms with Gasteiger partial charge >= 0.3 is 0 Å². The van der Waals surface area contributed by atoms with Crippen LogP contribution in [0.1, 0.15) is 50.5 Å². The average Bonchev–Trinajstić information content (AvgIpc) is 2.42. The van der Waals surface area contributed by atoms with E-state index in [-0.39, 0.29) is 17.2 Å². The maximum atomic E-state index is 12.6. The monoisotopic (exact) mass is 286 g/mol. The largest absolute Gasteiger partial charge is 0.399 e. The van der Waals surface area contributed by atoms with Crippen molar-refractivity contribution in [1.29, 1.82) is 0 Å². The van der Waals surface area contributed by atoms with Crippen molar-refractivity contribution < 1.29 is 9.59 Å². The second-order valence-electron chi connectivity index (χ2n) is 6.58. The third kappa shape index (κ3) is 2.55. The van der Waals surface area contributed by atoms with Crippen molar-refractivity contribution in [3.8, 4) is 0 Å². The van der Waals surface area contributed by atoms with E-state index in [1.54, 1.807) is 12.1 Å². The molecule has 1 saturated carbocycles. The number of hydrogen-bond donors (Lipinski definition) is 1. The van der Waals surface area contributed by atoms with E-state index >= 15 is 0 Å². The van der Waals surface area contributed by atoms with Crippen molar-refractivity contribution in [3.63, 3.8) is 0 Å². The number of nitrogens with two attached hydrogens (primary N) is 1. The molecule has 2 fully saturated rings. The van der Waals surface area contributed by atoms with Gasteiger partial charge in [0.05, 0.1) is 5.69 Å². The van der Waals surface area contributed by atoms with Gasteiger partial charge in [0.25, 0.3) is 0 Å². The highest BCUT2D eigenvalue weighted by molar-refractivity contribution is 6.17. The number of carbonyl (C=O) groups is 2. The Morgan fingerprint density at radius 3 is 2.29 bits per heavy atom. The summed E-state index contributed by atoms with van der Waals surface area (Å²) in [7, 11) is 0. The highest BCUT2D eigenvalue weighted by Crippen LogP contribution is 2.46. The molecule has 0 bridgehead atoms. The van der Waals surface area contributed by atoms with Gasteiger partial charge in [-0.25, -0.2) is 0 Å². The van der Waals surface area contributed by atoms with E-state index < -0.39 is 0 Å². The van der Waals surface area contributed by atoms with E-state index in [1.807, 2.05) is 13.0 Å². The number of carbonyl (C=O) groups excluding carboxylic acids is 2. The highest BCUT2D eigenvalue weighted by Gasteiger charge is 2.44. The number of rotatable bonds is 1. The fraction of sp³-hybridized carbons (Fsp3) is 0.529. The second kappa shape index (κ2) is 5.17. The van der Waals surface area contributed by atoms with Crippen molar-refractivity contribution in [2.45, 2.75) is 51.9 Å². The molecule has 1 aliphatic carbocycles. The molecule has 112 valence electrons.